The number of halogens is 2. The molecule has 0 saturated carbocycles. The van der Waals surface area contributed by atoms with Crippen LogP contribution in [0, 0.1) is 0 Å². The summed E-state index contributed by atoms with van der Waals surface area (Å²) in [4.78, 5) is 13.1. The molecule has 0 bridgehead atoms. The van der Waals surface area contributed by atoms with Crippen molar-refractivity contribution in [2.45, 2.75) is 4.87 Å². The Morgan fingerprint density at radius 2 is 2.19 bits per heavy atom. The van der Waals surface area contributed by atoms with E-state index < -0.39 is 16.6 Å². The van der Waals surface area contributed by atoms with Crippen LogP contribution in [-0.2, 0) is 4.79 Å². The van der Waals surface area contributed by atoms with Gasteiger partial charge in [-0.15, -0.1) is 0 Å². The summed E-state index contributed by atoms with van der Waals surface area (Å²) in [5, 5.41) is 19.7. The highest BCUT2D eigenvalue weighted by Gasteiger charge is 2.43. The predicted molar refractivity (Wildman–Crippen MR) is 59.4 cm³/mol. The van der Waals surface area contributed by atoms with Crippen LogP contribution in [0.15, 0.2) is 23.2 Å². The molecule has 2 N–H and O–H groups in total. The first kappa shape index (κ1) is 11.2. The van der Waals surface area contributed by atoms with E-state index in [4.69, 9.17) is 28.3 Å². The minimum Gasteiger partial charge on any atom is -0.509 e. The van der Waals surface area contributed by atoms with Gasteiger partial charge in [-0.3, -0.25) is 4.99 Å². The van der Waals surface area contributed by atoms with E-state index in [0.29, 0.717) is 5.36 Å². The van der Waals surface area contributed by atoms with Crippen molar-refractivity contribution in [3.63, 3.8) is 0 Å². The fourth-order valence-corrected chi connectivity index (χ4v) is 1.93. The maximum Gasteiger partial charge on any atom is 0.334 e. The zero-order chi connectivity index (χ0) is 11.9. The number of hydrogen-bond donors (Lipinski definition) is 2. The standard InChI is InChI=1S/C10H7Cl2NO3/c11-5-2-1-3-6-7(5)8(14)10(12,4-13-6)9(15)16/h1-3,14H,4H2,(H,15,16). The van der Waals surface area contributed by atoms with Crippen LogP contribution in [0.5, 0.6) is 0 Å². The number of fused-ring (bicyclic) bond motifs is 1. The maximum atomic E-state index is 11.0. The second-order valence-electron chi connectivity index (χ2n) is 3.41. The van der Waals surface area contributed by atoms with Gasteiger partial charge in [-0.05, 0) is 12.1 Å². The molecule has 0 amide bonds. The van der Waals surface area contributed by atoms with Crippen molar-refractivity contribution in [2.24, 2.45) is 4.99 Å². The van der Waals surface area contributed by atoms with Gasteiger partial charge in [-0.2, -0.15) is 0 Å². The number of rotatable bonds is 1. The minimum absolute atomic E-state index is 0.188. The summed E-state index contributed by atoms with van der Waals surface area (Å²) in [6.45, 7) is -0.219. The van der Waals surface area contributed by atoms with E-state index in [0.717, 1.165) is 0 Å². The normalized spacial score (nSPS) is 23.5. The summed E-state index contributed by atoms with van der Waals surface area (Å²) in [7, 11) is 0. The Labute approximate surface area is 100 Å². The summed E-state index contributed by atoms with van der Waals surface area (Å²) in [5.74, 6) is -1.81. The number of carbonyl (C=O) groups is 1. The van der Waals surface area contributed by atoms with Gasteiger partial charge in [-0.1, -0.05) is 29.3 Å². The number of aliphatic hydroxyl groups excluding tert-OH is 1. The van der Waals surface area contributed by atoms with Crippen molar-refractivity contribution in [1.82, 2.24) is 0 Å². The molecule has 0 radical (unpaired) electrons. The van der Waals surface area contributed by atoms with Crippen molar-refractivity contribution >= 4 is 34.9 Å². The smallest absolute Gasteiger partial charge is 0.334 e. The molecule has 1 aliphatic rings. The Morgan fingerprint density at radius 1 is 1.50 bits per heavy atom. The first-order valence-corrected chi connectivity index (χ1v) is 5.17. The lowest BCUT2D eigenvalue weighted by Gasteiger charge is -2.22. The molecule has 6 heteroatoms. The minimum atomic E-state index is -1.92. The summed E-state index contributed by atoms with van der Waals surface area (Å²) < 4.78 is 0. The Bertz CT molecular complexity index is 584. The van der Waals surface area contributed by atoms with E-state index in [2.05, 4.69) is 4.99 Å². The van der Waals surface area contributed by atoms with Crippen LogP contribution in [0.3, 0.4) is 0 Å². The molecule has 0 fully saturated rings. The first-order chi connectivity index (χ1) is 7.47. The van der Waals surface area contributed by atoms with Crippen molar-refractivity contribution in [3.05, 3.63) is 33.8 Å². The topological polar surface area (TPSA) is 69.9 Å². The Morgan fingerprint density at radius 3 is 2.81 bits per heavy atom. The van der Waals surface area contributed by atoms with Crippen LogP contribution in [0.25, 0.3) is 5.76 Å². The molecule has 1 aromatic rings. The van der Waals surface area contributed by atoms with E-state index in [-0.39, 0.29) is 16.8 Å². The van der Waals surface area contributed by atoms with Crippen LogP contribution >= 0.6 is 23.2 Å². The van der Waals surface area contributed by atoms with Crippen LogP contribution in [-0.4, -0.2) is 27.6 Å². The van der Waals surface area contributed by atoms with Gasteiger partial charge in [0.05, 0.1) is 22.1 Å². The maximum absolute atomic E-state index is 11.0. The summed E-state index contributed by atoms with van der Waals surface area (Å²) >= 11 is 11.7. The zero-order valence-electron chi connectivity index (χ0n) is 7.94. The molecule has 16 heavy (non-hydrogen) atoms. The molecule has 1 heterocycles. The van der Waals surface area contributed by atoms with Crippen LogP contribution in [0.4, 0.5) is 0 Å². The number of carboxylic acids is 1. The third-order valence-electron chi connectivity index (χ3n) is 2.41. The highest BCUT2D eigenvalue weighted by atomic mass is 35.5. The second kappa shape index (κ2) is 3.64. The lowest BCUT2D eigenvalue weighted by molar-refractivity contribution is -0.138. The average Bonchev–Trinajstić information content (AvgIpc) is 2.23. The Kier molecular flexibility index (Phi) is 2.56. The van der Waals surface area contributed by atoms with E-state index in [9.17, 15) is 9.90 Å². The summed E-state index contributed by atoms with van der Waals surface area (Å²) in [6, 6.07) is 4.84. The van der Waals surface area contributed by atoms with E-state index in [1.165, 1.54) is 6.07 Å². The molecule has 0 saturated heterocycles. The van der Waals surface area contributed by atoms with E-state index >= 15 is 0 Å². The number of alkyl halides is 1. The largest absolute Gasteiger partial charge is 0.509 e. The van der Waals surface area contributed by atoms with Gasteiger partial charge in [0, 0.05) is 0 Å². The van der Waals surface area contributed by atoms with Crippen molar-refractivity contribution in [2.75, 3.05) is 6.54 Å². The summed E-state index contributed by atoms with van der Waals surface area (Å²) in [6.07, 6.45) is 0. The summed E-state index contributed by atoms with van der Waals surface area (Å²) in [5.41, 5.74) is 0. The molecule has 4 nitrogen and oxygen atoms in total. The third-order valence-corrected chi connectivity index (χ3v) is 3.19. The zero-order valence-corrected chi connectivity index (χ0v) is 9.46. The highest BCUT2D eigenvalue weighted by molar-refractivity contribution is 6.39. The molecule has 1 atom stereocenters. The first-order valence-electron chi connectivity index (χ1n) is 4.42. The van der Waals surface area contributed by atoms with Crippen LogP contribution in [0.2, 0.25) is 5.02 Å². The quantitative estimate of drug-likeness (QED) is 0.730. The van der Waals surface area contributed by atoms with Crippen molar-refractivity contribution in [3.8, 4) is 0 Å². The number of aliphatic carboxylic acids is 1. The number of aliphatic hydroxyl groups is 1. The third kappa shape index (κ3) is 1.45. The van der Waals surface area contributed by atoms with Gasteiger partial charge in [0.25, 0.3) is 0 Å². The number of hydrogen-bond acceptors (Lipinski definition) is 3. The fraction of sp³-hybridized carbons (Fsp3) is 0.200. The lowest BCUT2D eigenvalue weighted by atomic mass is 10.0. The van der Waals surface area contributed by atoms with Crippen molar-refractivity contribution < 1.29 is 15.0 Å². The molecule has 1 aromatic carbocycles. The van der Waals surface area contributed by atoms with Gasteiger partial charge in [0.2, 0.25) is 4.87 Å². The molecule has 0 aliphatic carbocycles. The lowest BCUT2D eigenvalue weighted by Crippen LogP contribution is -2.48. The van der Waals surface area contributed by atoms with Crippen LogP contribution in [0.1, 0.15) is 0 Å². The van der Waals surface area contributed by atoms with E-state index in [1.54, 1.807) is 12.1 Å². The molecule has 2 rings (SSSR count). The average molecular weight is 260 g/mol. The van der Waals surface area contributed by atoms with Gasteiger partial charge >= 0.3 is 5.97 Å². The number of carboxylic acid groups (broad SMARTS) is 1. The highest BCUT2D eigenvalue weighted by Crippen LogP contribution is 2.26. The Hall–Kier alpha value is -1.26. The molecule has 84 valence electrons. The number of nitrogens with zero attached hydrogens (tertiary/aromatic N) is 1. The van der Waals surface area contributed by atoms with Gasteiger partial charge in [0.1, 0.15) is 5.76 Å². The molecular weight excluding hydrogens is 253 g/mol. The second-order valence-corrected chi connectivity index (χ2v) is 4.46. The van der Waals surface area contributed by atoms with Gasteiger partial charge in [0.15, 0.2) is 0 Å². The predicted octanol–water partition coefficient (Wildman–Crippen LogP) is 0.702. The Balaban J connectivity index is 2.87. The number of benzene rings is 1. The van der Waals surface area contributed by atoms with Crippen LogP contribution < -0.4 is 10.6 Å². The van der Waals surface area contributed by atoms with Crippen molar-refractivity contribution in [1.29, 1.82) is 0 Å². The SMILES string of the molecule is O=C(O)C1(Cl)CN=c2cccc(Cl)c2=C1O. The molecule has 1 aliphatic heterocycles. The van der Waals surface area contributed by atoms with Gasteiger partial charge in [-0.25, -0.2) is 4.79 Å². The fourth-order valence-electron chi connectivity index (χ4n) is 1.51. The monoisotopic (exact) mass is 259 g/mol. The van der Waals surface area contributed by atoms with Gasteiger partial charge < -0.3 is 10.2 Å². The van der Waals surface area contributed by atoms with E-state index in [1.807, 2.05) is 0 Å². The molecular formula is C10H7Cl2NO3. The molecule has 0 spiro atoms. The molecule has 1 unspecified atom stereocenters. The molecule has 0 aromatic heterocycles.